The van der Waals surface area contributed by atoms with E-state index < -0.39 is 0 Å². The lowest BCUT2D eigenvalue weighted by atomic mass is 10.3. The van der Waals surface area contributed by atoms with Crippen molar-refractivity contribution in [2.45, 2.75) is 6.92 Å². The number of hydrogen-bond donors (Lipinski definition) is 0. The van der Waals surface area contributed by atoms with Crippen LogP contribution in [-0.2, 0) is 0 Å². The van der Waals surface area contributed by atoms with Crippen LogP contribution in [0.4, 0.5) is 0 Å². The van der Waals surface area contributed by atoms with Crippen LogP contribution >= 0.6 is 15.9 Å². The molecule has 0 atom stereocenters. The van der Waals surface area contributed by atoms with Crippen molar-refractivity contribution in [3.05, 3.63) is 52.8 Å². The predicted molar refractivity (Wildman–Crippen MR) is 58.2 cm³/mol. The highest BCUT2D eigenvalue weighted by molar-refractivity contribution is 9.10. The number of rotatable bonds is 1. The van der Waals surface area contributed by atoms with Crippen LogP contribution in [0.25, 0.3) is 5.69 Å². The number of aromatic nitrogens is 1. The van der Waals surface area contributed by atoms with E-state index in [4.69, 9.17) is 0 Å². The van der Waals surface area contributed by atoms with E-state index in [1.165, 1.54) is 11.3 Å². The van der Waals surface area contributed by atoms with Crippen molar-refractivity contribution >= 4 is 15.9 Å². The van der Waals surface area contributed by atoms with Crippen LogP contribution in [0.1, 0.15) is 5.56 Å². The zero-order valence-corrected chi connectivity index (χ0v) is 8.95. The Hall–Kier alpha value is -1.02. The first kappa shape index (κ1) is 8.57. The fraction of sp³-hybridized carbons (Fsp3) is 0.0909. The number of benzene rings is 1. The molecule has 0 bridgehead atoms. The molecule has 0 saturated carbocycles. The highest BCUT2D eigenvalue weighted by Gasteiger charge is 2.00. The number of halogens is 1. The molecule has 0 aliphatic carbocycles. The van der Waals surface area contributed by atoms with Gasteiger partial charge in [0.2, 0.25) is 0 Å². The Morgan fingerprint density at radius 3 is 2.38 bits per heavy atom. The predicted octanol–water partition coefficient (Wildman–Crippen LogP) is 3.55. The van der Waals surface area contributed by atoms with Gasteiger partial charge in [0.05, 0.1) is 4.60 Å². The standard InChI is InChI=1S/C11H10BrN/c1-9-7-11(12)13(8-9)10-5-3-2-4-6-10/h2-8H,1H3. The van der Waals surface area contributed by atoms with Crippen LogP contribution in [0.15, 0.2) is 47.2 Å². The normalized spacial score (nSPS) is 10.3. The number of hydrogen-bond acceptors (Lipinski definition) is 0. The maximum absolute atomic E-state index is 3.52. The van der Waals surface area contributed by atoms with Crippen molar-refractivity contribution in [1.29, 1.82) is 0 Å². The van der Waals surface area contributed by atoms with Gasteiger partial charge in [-0.15, -0.1) is 0 Å². The van der Waals surface area contributed by atoms with Crippen LogP contribution in [0.2, 0.25) is 0 Å². The van der Waals surface area contributed by atoms with Gasteiger partial charge in [0.1, 0.15) is 0 Å². The van der Waals surface area contributed by atoms with Crippen molar-refractivity contribution in [2.75, 3.05) is 0 Å². The van der Waals surface area contributed by atoms with E-state index in [0.29, 0.717) is 0 Å². The minimum absolute atomic E-state index is 1.09. The number of para-hydroxylation sites is 1. The van der Waals surface area contributed by atoms with Crippen molar-refractivity contribution in [2.24, 2.45) is 0 Å². The lowest BCUT2D eigenvalue weighted by Crippen LogP contribution is -1.90. The third kappa shape index (κ3) is 1.68. The first-order chi connectivity index (χ1) is 6.27. The summed E-state index contributed by atoms with van der Waals surface area (Å²) < 4.78 is 3.21. The lowest BCUT2D eigenvalue weighted by Gasteiger charge is -2.03. The van der Waals surface area contributed by atoms with Gasteiger partial charge in [-0.2, -0.15) is 0 Å². The van der Waals surface area contributed by atoms with Gasteiger partial charge in [-0.05, 0) is 46.6 Å². The van der Waals surface area contributed by atoms with Gasteiger partial charge in [0, 0.05) is 11.9 Å². The van der Waals surface area contributed by atoms with E-state index in [0.717, 1.165) is 4.60 Å². The van der Waals surface area contributed by atoms with Crippen molar-refractivity contribution < 1.29 is 0 Å². The fourth-order valence-electron chi connectivity index (χ4n) is 1.35. The summed E-state index contributed by atoms with van der Waals surface area (Å²) in [4.78, 5) is 0. The quantitative estimate of drug-likeness (QED) is 0.713. The minimum Gasteiger partial charge on any atom is -0.311 e. The molecule has 2 rings (SSSR count). The maximum Gasteiger partial charge on any atom is 0.0894 e. The van der Waals surface area contributed by atoms with Gasteiger partial charge >= 0.3 is 0 Å². The summed E-state index contributed by atoms with van der Waals surface area (Å²) in [6.45, 7) is 2.09. The molecule has 0 aliphatic heterocycles. The van der Waals surface area contributed by atoms with E-state index >= 15 is 0 Å². The molecular formula is C11H10BrN. The molecule has 1 nitrogen and oxygen atoms in total. The van der Waals surface area contributed by atoms with Crippen molar-refractivity contribution in [1.82, 2.24) is 4.57 Å². The number of aryl methyl sites for hydroxylation is 1. The Kier molecular flexibility index (Phi) is 2.23. The summed E-state index contributed by atoms with van der Waals surface area (Å²) in [5, 5.41) is 0. The molecule has 0 fully saturated rings. The first-order valence-corrected chi connectivity index (χ1v) is 4.96. The molecule has 0 aliphatic rings. The van der Waals surface area contributed by atoms with Gasteiger partial charge in [-0.1, -0.05) is 18.2 Å². The van der Waals surface area contributed by atoms with Gasteiger partial charge in [0.25, 0.3) is 0 Å². The maximum atomic E-state index is 3.52. The molecule has 2 aromatic rings. The van der Waals surface area contributed by atoms with Crippen molar-refractivity contribution in [3.8, 4) is 5.69 Å². The molecular weight excluding hydrogens is 226 g/mol. The van der Waals surface area contributed by atoms with Crippen molar-refractivity contribution in [3.63, 3.8) is 0 Å². The van der Waals surface area contributed by atoms with E-state index in [1.807, 2.05) is 18.2 Å². The summed E-state index contributed by atoms with van der Waals surface area (Å²) in [7, 11) is 0. The molecule has 66 valence electrons. The van der Waals surface area contributed by atoms with E-state index in [-0.39, 0.29) is 0 Å². The average molecular weight is 236 g/mol. The van der Waals surface area contributed by atoms with E-state index in [9.17, 15) is 0 Å². The summed E-state index contributed by atoms with van der Waals surface area (Å²) in [5.74, 6) is 0. The fourth-order valence-corrected chi connectivity index (χ4v) is 2.01. The second-order valence-corrected chi connectivity index (χ2v) is 3.86. The van der Waals surface area contributed by atoms with Gasteiger partial charge in [0.15, 0.2) is 0 Å². The Labute approximate surface area is 86.1 Å². The number of nitrogens with zero attached hydrogens (tertiary/aromatic N) is 1. The zero-order valence-electron chi connectivity index (χ0n) is 7.37. The molecule has 0 amide bonds. The third-order valence-electron chi connectivity index (χ3n) is 1.94. The highest BCUT2D eigenvalue weighted by atomic mass is 79.9. The third-order valence-corrected chi connectivity index (χ3v) is 2.56. The molecule has 0 unspecified atom stereocenters. The van der Waals surface area contributed by atoms with Gasteiger partial charge < -0.3 is 4.57 Å². The topological polar surface area (TPSA) is 4.93 Å². The SMILES string of the molecule is Cc1cc(Br)n(-c2ccccc2)c1. The molecule has 0 spiro atoms. The lowest BCUT2D eigenvalue weighted by molar-refractivity contribution is 1.04. The van der Waals surface area contributed by atoms with E-state index in [2.05, 4.69) is 51.8 Å². The Morgan fingerprint density at radius 1 is 1.15 bits per heavy atom. The average Bonchev–Trinajstić information content (AvgIpc) is 2.47. The van der Waals surface area contributed by atoms with E-state index in [1.54, 1.807) is 0 Å². The molecule has 13 heavy (non-hydrogen) atoms. The summed E-state index contributed by atoms with van der Waals surface area (Å²) in [6.07, 6.45) is 2.11. The zero-order chi connectivity index (χ0) is 9.26. The Morgan fingerprint density at radius 2 is 1.85 bits per heavy atom. The highest BCUT2D eigenvalue weighted by Crippen LogP contribution is 2.19. The first-order valence-electron chi connectivity index (χ1n) is 4.17. The molecule has 0 saturated heterocycles. The molecule has 0 N–H and O–H groups in total. The molecule has 1 heterocycles. The van der Waals surface area contributed by atoms with Crippen LogP contribution in [0, 0.1) is 6.92 Å². The minimum atomic E-state index is 1.09. The van der Waals surface area contributed by atoms with Crippen LogP contribution in [-0.4, -0.2) is 4.57 Å². The van der Waals surface area contributed by atoms with Crippen LogP contribution in [0.3, 0.4) is 0 Å². The monoisotopic (exact) mass is 235 g/mol. The molecule has 2 heteroatoms. The summed E-state index contributed by atoms with van der Waals surface area (Å²) in [5.41, 5.74) is 2.44. The molecule has 1 aromatic carbocycles. The van der Waals surface area contributed by atoms with Crippen LogP contribution < -0.4 is 0 Å². The van der Waals surface area contributed by atoms with Gasteiger partial charge in [-0.3, -0.25) is 0 Å². The molecule has 1 aromatic heterocycles. The largest absolute Gasteiger partial charge is 0.311 e. The summed E-state index contributed by atoms with van der Waals surface area (Å²) >= 11 is 3.52. The smallest absolute Gasteiger partial charge is 0.0894 e. The van der Waals surface area contributed by atoms with Crippen LogP contribution in [0.5, 0.6) is 0 Å². The second kappa shape index (κ2) is 3.38. The Balaban J connectivity index is 2.53. The summed E-state index contributed by atoms with van der Waals surface area (Å²) in [6, 6.07) is 12.4. The van der Waals surface area contributed by atoms with Gasteiger partial charge in [-0.25, -0.2) is 0 Å². The Bertz CT molecular complexity index is 403. The molecule has 0 radical (unpaired) electrons. The second-order valence-electron chi connectivity index (χ2n) is 3.05.